The second-order valence-corrected chi connectivity index (χ2v) is 5.91. The molecule has 1 N–H and O–H groups in total. The van der Waals surface area contributed by atoms with Gasteiger partial charge in [0, 0.05) is 23.1 Å². The van der Waals surface area contributed by atoms with E-state index in [1.165, 1.54) is 23.3 Å². The molecule has 0 saturated heterocycles. The quantitative estimate of drug-likeness (QED) is 0.359. The zero-order valence-corrected chi connectivity index (χ0v) is 16.2. The van der Waals surface area contributed by atoms with Gasteiger partial charge in [-0.25, -0.2) is 4.68 Å². The predicted octanol–water partition coefficient (Wildman–Crippen LogP) is 3.34. The number of aromatic nitrogens is 6. The maximum absolute atomic E-state index is 10.4. The number of hydrogen-bond donors (Lipinski definition) is 1. The van der Waals surface area contributed by atoms with Crippen LogP contribution in [-0.4, -0.2) is 39.8 Å². The zero-order chi connectivity index (χ0) is 21.1. The Labute approximate surface area is 171 Å². The second kappa shape index (κ2) is 11.0. The minimum atomic E-state index is -0.510. The van der Waals surface area contributed by atoms with Crippen molar-refractivity contribution in [1.29, 1.82) is 0 Å². The first-order valence-electron chi connectivity index (χ1n) is 7.75. The van der Waals surface area contributed by atoms with Crippen LogP contribution < -0.4 is 0 Å². The van der Waals surface area contributed by atoms with Crippen molar-refractivity contribution < 1.29 is 9.85 Å². The van der Waals surface area contributed by atoms with Crippen LogP contribution in [0.4, 0.5) is 11.4 Å². The van der Waals surface area contributed by atoms with Crippen LogP contribution in [-0.2, 0) is 0 Å². The molecule has 13 heteroatoms. The summed E-state index contributed by atoms with van der Waals surface area (Å²) >= 11 is 3.25. The average molecular weight is 461 g/mol. The number of nitrogens with one attached hydrogen (secondary N) is 1. The smallest absolute Gasteiger partial charge is 0.279 e. The van der Waals surface area contributed by atoms with Gasteiger partial charge in [-0.2, -0.15) is 10.2 Å². The van der Waals surface area contributed by atoms with Crippen LogP contribution in [0.15, 0.2) is 78.3 Å². The highest BCUT2D eigenvalue weighted by Crippen LogP contribution is 2.11. The molecular weight excluding hydrogens is 448 g/mol. The van der Waals surface area contributed by atoms with E-state index in [4.69, 9.17) is 0 Å². The minimum Gasteiger partial charge on any atom is -0.279 e. The summed E-state index contributed by atoms with van der Waals surface area (Å²) in [6, 6.07) is 7.32. The lowest BCUT2D eigenvalue weighted by molar-refractivity contribution is -0.385. The maximum Gasteiger partial charge on any atom is 0.307 e. The third-order valence-corrected chi connectivity index (χ3v) is 3.48. The molecular formula is C16H13BrN8O4. The fourth-order valence-electron chi connectivity index (χ4n) is 1.72. The van der Waals surface area contributed by atoms with Crippen molar-refractivity contribution in [1.82, 2.24) is 29.9 Å². The summed E-state index contributed by atoms with van der Waals surface area (Å²) in [4.78, 5) is 26.9. The molecule has 0 bridgehead atoms. The molecule has 4 aromatic rings. The number of nitro groups is 2. The van der Waals surface area contributed by atoms with Crippen molar-refractivity contribution in [3.63, 3.8) is 0 Å². The SMILES string of the molecule is Brc1cccnc1.O=[N+]([O-])c1cn[nH]c1.O=[N+]([O-])c1cnn(-c2cccnc2)c1. The first-order valence-corrected chi connectivity index (χ1v) is 8.55. The van der Waals surface area contributed by atoms with Gasteiger partial charge in [0.25, 0.3) is 0 Å². The summed E-state index contributed by atoms with van der Waals surface area (Å²) in [6.45, 7) is 0. The van der Waals surface area contributed by atoms with Crippen LogP contribution in [0.3, 0.4) is 0 Å². The highest BCUT2D eigenvalue weighted by Gasteiger charge is 2.09. The highest BCUT2D eigenvalue weighted by molar-refractivity contribution is 9.10. The van der Waals surface area contributed by atoms with Crippen molar-refractivity contribution in [2.45, 2.75) is 0 Å². The van der Waals surface area contributed by atoms with Crippen molar-refractivity contribution in [3.8, 4) is 5.69 Å². The van der Waals surface area contributed by atoms with E-state index in [-0.39, 0.29) is 11.4 Å². The van der Waals surface area contributed by atoms with Crippen LogP contribution in [0.25, 0.3) is 5.69 Å². The Kier molecular flexibility index (Phi) is 8.07. The molecule has 12 nitrogen and oxygen atoms in total. The van der Waals surface area contributed by atoms with E-state index in [9.17, 15) is 20.2 Å². The van der Waals surface area contributed by atoms with Crippen molar-refractivity contribution >= 4 is 27.3 Å². The molecule has 0 atom stereocenters. The van der Waals surface area contributed by atoms with E-state index in [1.807, 2.05) is 12.1 Å². The van der Waals surface area contributed by atoms with Gasteiger partial charge in [-0.3, -0.25) is 35.3 Å². The number of halogens is 1. The Morgan fingerprint density at radius 2 is 1.62 bits per heavy atom. The number of pyridine rings is 2. The molecule has 0 amide bonds. The van der Waals surface area contributed by atoms with Gasteiger partial charge >= 0.3 is 11.4 Å². The zero-order valence-electron chi connectivity index (χ0n) is 14.6. The molecule has 0 aliphatic heterocycles. The van der Waals surface area contributed by atoms with Crippen LogP contribution in [0.2, 0.25) is 0 Å². The summed E-state index contributed by atoms with van der Waals surface area (Å²) in [7, 11) is 0. The monoisotopic (exact) mass is 460 g/mol. The van der Waals surface area contributed by atoms with E-state index in [1.54, 1.807) is 36.9 Å². The van der Waals surface area contributed by atoms with Crippen molar-refractivity contribution in [3.05, 3.63) is 98.5 Å². The molecule has 0 saturated carbocycles. The molecule has 0 radical (unpaired) electrons. The third kappa shape index (κ3) is 7.26. The molecule has 0 aromatic carbocycles. The summed E-state index contributed by atoms with van der Waals surface area (Å²) in [6.07, 6.45) is 11.6. The largest absolute Gasteiger partial charge is 0.307 e. The van der Waals surface area contributed by atoms with E-state index >= 15 is 0 Å². The minimum absolute atomic E-state index is 0.00926. The summed E-state index contributed by atoms with van der Waals surface area (Å²) in [5.41, 5.74) is 0.652. The van der Waals surface area contributed by atoms with Gasteiger partial charge in [-0.15, -0.1) is 0 Å². The lowest BCUT2D eigenvalue weighted by Crippen LogP contribution is -1.93. The van der Waals surface area contributed by atoms with Gasteiger partial charge in [0.2, 0.25) is 0 Å². The Morgan fingerprint density at radius 3 is 2.00 bits per heavy atom. The Morgan fingerprint density at radius 1 is 0.931 bits per heavy atom. The van der Waals surface area contributed by atoms with Gasteiger partial charge in [-0.1, -0.05) is 0 Å². The fourth-order valence-corrected chi connectivity index (χ4v) is 1.99. The van der Waals surface area contributed by atoms with Crippen LogP contribution in [0.5, 0.6) is 0 Å². The van der Waals surface area contributed by atoms with Crippen molar-refractivity contribution in [2.24, 2.45) is 0 Å². The number of aromatic amines is 1. The van der Waals surface area contributed by atoms with Gasteiger partial charge in [0.15, 0.2) is 0 Å². The first kappa shape index (κ1) is 21.3. The van der Waals surface area contributed by atoms with Gasteiger partial charge in [0.1, 0.15) is 18.6 Å². The summed E-state index contributed by atoms with van der Waals surface area (Å²) in [5.74, 6) is 0. The Hall–Kier alpha value is -4.00. The number of hydrogen-bond acceptors (Lipinski definition) is 8. The molecule has 0 aliphatic carbocycles. The Balaban J connectivity index is 0.000000170. The topological polar surface area (TPSA) is 159 Å². The molecule has 0 aliphatic rings. The predicted molar refractivity (Wildman–Crippen MR) is 105 cm³/mol. The lowest BCUT2D eigenvalue weighted by Gasteiger charge is -1.96. The summed E-state index contributed by atoms with van der Waals surface area (Å²) in [5, 5.41) is 29.7. The lowest BCUT2D eigenvalue weighted by atomic mass is 10.4. The van der Waals surface area contributed by atoms with Gasteiger partial charge in [0.05, 0.1) is 27.9 Å². The van der Waals surface area contributed by atoms with E-state index in [0.29, 0.717) is 5.69 Å². The summed E-state index contributed by atoms with van der Waals surface area (Å²) < 4.78 is 2.43. The van der Waals surface area contributed by atoms with E-state index in [2.05, 4.69) is 41.2 Å². The highest BCUT2D eigenvalue weighted by atomic mass is 79.9. The number of H-pyrrole nitrogens is 1. The maximum atomic E-state index is 10.4. The Bertz CT molecular complexity index is 1030. The molecule has 4 aromatic heterocycles. The molecule has 0 unspecified atom stereocenters. The van der Waals surface area contributed by atoms with Gasteiger partial charge in [-0.05, 0) is 40.2 Å². The molecule has 4 heterocycles. The standard InChI is InChI=1S/C8H6N4O2.C5H4BrN.C3H3N3O2/c13-12(14)8-5-10-11(6-8)7-2-1-3-9-4-7;6-5-2-1-3-7-4-5;7-6(8)3-1-4-5-2-3/h1-6H;1-4H;1-2H,(H,4,5). The van der Waals surface area contributed by atoms with Crippen LogP contribution in [0, 0.1) is 20.2 Å². The normalized spacial score (nSPS) is 9.41. The molecule has 29 heavy (non-hydrogen) atoms. The first-order chi connectivity index (χ1) is 14.0. The molecule has 0 spiro atoms. The fraction of sp³-hybridized carbons (Fsp3) is 0. The third-order valence-electron chi connectivity index (χ3n) is 3.01. The van der Waals surface area contributed by atoms with Crippen LogP contribution >= 0.6 is 15.9 Å². The van der Waals surface area contributed by atoms with Crippen LogP contribution in [0.1, 0.15) is 0 Å². The molecule has 4 rings (SSSR count). The second-order valence-electron chi connectivity index (χ2n) is 5.00. The number of rotatable bonds is 3. The molecule has 0 fully saturated rings. The molecule has 148 valence electrons. The van der Waals surface area contributed by atoms with E-state index in [0.717, 1.165) is 10.7 Å². The van der Waals surface area contributed by atoms with E-state index < -0.39 is 9.85 Å². The number of nitrogens with zero attached hydrogens (tertiary/aromatic N) is 7. The van der Waals surface area contributed by atoms with Crippen molar-refractivity contribution in [2.75, 3.05) is 0 Å². The van der Waals surface area contributed by atoms with Gasteiger partial charge < -0.3 is 0 Å². The average Bonchev–Trinajstić information content (AvgIpc) is 3.43.